The molecule has 0 aliphatic rings. The van der Waals surface area contributed by atoms with Crippen molar-refractivity contribution in [2.45, 2.75) is 6.42 Å². The topological polar surface area (TPSA) is 37.4 Å². The van der Waals surface area contributed by atoms with Crippen LogP contribution in [0.2, 0.25) is 0 Å². The fourth-order valence-electron chi connectivity index (χ4n) is 2.06. The summed E-state index contributed by atoms with van der Waals surface area (Å²) in [5, 5.41) is 3.34. The first kappa shape index (κ1) is 15.3. The SMILES string of the molecule is COc1ccc(-c2ccc(NCCCN(C)C)nc2)cc1. The van der Waals surface area contributed by atoms with Crippen molar-refractivity contribution >= 4 is 5.82 Å². The van der Waals surface area contributed by atoms with Crippen LogP contribution in [0.1, 0.15) is 6.42 Å². The molecule has 1 aromatic heterocycles. The van der Waals surface area contributed by atoms with E-state index in [-0.39, 0.29) is 0 Å². The molecule has 0 amide bonds. The molecule has 0 saturated heterocycles. The van der Waals surface area contributed by atoms with E-state index in [0.29, 0.717) is 0 Å². The summed E-state index contributed by atoms with van der Waals surface area (Å²) in [6.07, 6.45) is 3.00. The summed E-state index contributed by atoms with van der Waals surface area (Å²) in [5.41, 5.74) is 2.25. The van der Waals surface area contributed by atoms with Gasteiger partial charge in [0.25, 0.3) is 0 Å². The number of methoxy groups -OCH3 is 1. The molecular weight excluding hydrogens is 262 g/mol. The molecule has 2 rings (SSSR count). The Balaban J connectivity index is 1.91. The molecule has 0 saturated carbocycles. The second kappa shape index (κ2) is 7.64. The molecule has 0 bridgehead atoms. The number of hydrogen-bond donors (Lipinski definition) is 1. The van der Waals surface area contributed by atoms with Gasteiger partial charge in [0.1, 0.15) is 11.6 Å². The first-order chi connectivity index (χ1) is 10.2. The number of aromatic nitrogens is 1. The highest BCUT2D eigenvalue weighted by Crippen LogP contribution is 2.22. The molecule has 1 N–H and O–H groups in total. The lowest BCUT2D eigenvalue weighted by atomic mass is 10.1. The zero-order valence-corrected chi connectivity index (χ0v) is 13.0. The first-order valence-corrected chi connectivity index (χ1v) is 7.18. The lowest BCUT2D eigenvalue weighted by Crippen LogP contribution is -2.16. The van der Waals surface area contributed by atoms with Gasteiger partial charge in [0.05, 0.1) is 7.11 Å². The van der Waals surface area contributed by atoms with E-state index in [1.165, 1.54) is 0 Å². The fraction of sp³-hybridized carbons (Fsp3) is 0.353. The zero-order chi connectivity index (χ0) is 15.1. The molecule has 1 aromatic carbocycles. The molecule has 4 heteroatoms. The third-order valence-electron chi connectivity index (χ3n) is 3.28. The Bertz CT molecular complexity index is 535. The number of pyridine rings is 1. The molecule has 0 atom stereocenters. The summed E-state index contributed by atoms with van der Waals surface area (Å²) in [7, 11) is 5.84. The average molecular weight is 285 g/mol. The Labute approximate surface area is 126 Å². The van der Waals surface area contributed by atoms with Crippen LogP contribution in [-0.4, -0.2) is 44.2 Å². The lowest BCUT2D eigenvalue weighted by molar-refractivity contribution is 0.405. The number of nitrogens with zero attached hydrogens (tertiary/aromatic N) is 2. The minimum atomic E-state index is 0.867. The first-order valence-electron chi connectivity index (χ1n) is 7.18. The molecule has 112 valence electrons. The van der Waals surface area contributed by atoms with Gasteiger partial charge in [0, 0.05) is 18.3 Å². The normalized spacial score (nSPS) is 10.7. The highest BCUT2D eigenvalue weighted by atomic mass is 16.5. The van der Waals surface area contributed by atoms with Crippen LogP contribution in [0.3, 0.4) is 0 Å². The quantitative estimate of drug-likeness (QED) is 0.793. The van der Waals surface area contributed by atoms with Crippen molar-refractivity contribution in [3.8, 4) is 16.9 Å². The van der Waals surface area contributed by atoms with E-state index in [2.05, 4.69) is 35.4 Å². The predicted octanol–water partition coefficient (Wildman–Crippen LogP) is 3.12. The lowest BCUT2D eigenvalue weighted by Gasteiger charge is -2.10. The van der Waals surface area contributed by atoms with Gasteiger partial charge in [-0.05, 0) is 56.9 Å². The summed E-state index contributed by atoms with van der Waals surface area (Å²) in [5.74, 6) is 1.79. The van der Waals surface area contributed by atoms with Crippen LogP contribution in [0.25, 0.3) is 11.1 Å². The highest BCUT2D eigenvalue weighted by Gasteiger charge is 2.00. The molecule has 0 unspecified atom stereocenters. The van der Waals surface area contributed by atoms with Crippen LogP contribution in [0.15, 0.2) is 42.6 Å². The second-order valence-corrected chi connectivity index (χ2v) is 5.24. The maximum absolute atomic E-state index is 5.17. The van der Waals surface area contributed by atoms with Crippen molar-refractivity contribution in [3.63, 3.8) is 0 Å². The van der Waals surface area contributed by atoms with Gasteiger partial charge < -0.3 is 15.0 Å². The van der Waals surface area contributed by atoms with E-state index in [0.717, 1.165) is 42.2 Å². The van der Waals surface area contributed by atoms with Gasteiger partial charge in [-0.1, -0.05) is 12.1 Å². The third kappa shape index (κ3) is 4.76. The van der Waals surface area contributed by atoms with Crippen molar-refractivity contribution < 1.29 is 4.74 Å². The molecule has 0 aliphatic carbocycles. The number of hydrogen-bond acceptors (Lipinski definition) is 4. The molecule has 0 aliphatic heterocycles. The van der Waals surface area contributed by atoms with E-state index >= 15 is 0 Å². The maximum atomic E-state index is 5.17. The van der Waals surface area contributed by atoms with E-state index in [1.807, 2.05) is 36.5 Å². The molecule has 0 fully saturated rings. The number of nitrogens with one attached hydrogen (secondary N) is 1. The second-order valence-electron chi connectivity index (χ2n) is 5.24. The smallest absolute Gasteiger partial charge is 0.125 e. The van der Waals surface area contributed by atoms with Crippen LogP contribution >= 0.6 is 0 Å². The van der Waals surface area contributed by atoms with E-state index in [9.17, 15) is 0 Å². The van der Waals surface area contributed by atoms with Crippen LogP contribution in [0.5, 0.6) is 5.75 Å². The van der Waals surface area contributed by atoms with Gasteiger partial charge in [-0.15, -0.1) is 0 Å². The molecule has 0 spiro atoms. The number of benzene rings is 1. The van der Waals surface area contributed by atoms with E-state index < -0.39 is 0 Å². The Morgan fingerprint density at radius 3 is 2.33 bits per heavy atom. The summed E-state index contributed by atoms with van der Waals surface area (Å²) >= 11 is 0. The molecule has 21 heavy (non-hydrogen) atoms. The standard InChI is InChI=1S/C17H23N3O/c1-20(2)12-4-11-18-17-10-7-15(13-19-17)14-5-8-16(21-3)9-6-14/h5-10,13H,4,11-12H2,1-3H3,(H,18,19). The number of anilines is 1. The Morgan fingerprint density at radius 2 is 1.76 bits per heavy atom. The molecule has 0 radical (unpaired) electrons. The minimum Gasteiger partial charge on any atom is -0.497 e. The molecule has 4 nitrogen and oxygen atoms in total. The minimum absolute atomic E-state index is 0.867. The van der Waals surface area contributed by atoms with Crippen molar-refractivity contribution in [2.24, 2.45) is 0 Å². The largest absolute Gasteiger partial charge is 0.497 e. The average Bonchev–Trinajstić information content (AvgIpc) is 2.52. The van der Waals surface area contributed by atoms with Crippen molar-refractivity contribution in [2.75, 3.05) is 39.6 Å². The monoisotopic (exact) mass is 285 g/mol. The van der Waals surface area contributed by atoms with Crippen molar-refractivity contribution in [3.05, 3.63) is 42.6 Å². The highest BCUT2D eigenvalue weighted by molar-refractivity contribution is 5.64. The van der Waals surface area contributed by atoms with Crippen molar-refractivity contribution in [1.29, 1.82) is 0 Å². The van der Waals surface area contributed by atoms with Crippen molar-refractivity contribution in [1.82, 2.24) is 9.88 Å². The Kier molecular flexibility index (Phi) is 5.58. The number of rotatable bonds is 7. The van der Waals surface area contributed by atoms with Gasteiger partial charge in [-0.2, -0.15) is 0 Å². The van der Waals surface area contributed by atoms with E-state index in [4.69, 9.17) is 4.74 Å². The zero-order valence-electron chi connectivity index (χ0n) is 13.0. The molecular formula is C17H23N3O. The predicted molar refractivity (Wildman–Crippen MR) is 87.9 cm³/mol. The summed E-state index contributed by atoms with van der Waals surface area (Å²) < 4.78 is 5.17. The van der Waals surface area contributed by atoms with Gasteiger partial charge in [0.2, 0.25) is 0 Å². The van der Waals surface area contributed by atoms with Gasteiger partial charge in [-0.25, -0.2) is 4.98 Å². The Morgan fingerprint density at radius 1 is 1.05 bits per heavy atom. The van der Waals surface area contributed by atoms with Crippen LogP contribution in [0.4, 0.5) is 5.82 Å². The molecule has 1 heterocycles. The van der Waals surface area contributed by atoms with Gasteiger partial charge >= 0.3 is 0 Å². The molecule has 2 aromatic rings. The van der Waals surface area contributed by atoms with Crippen LogP contribution in [0, 0.1) is 0 Å². The Hall–Kier alpha value is -2.07. The van der Waals surface area contributed by atoms with Crippen LogP contribution < -0.4 is 10.1 Å². The van der Waals surface area contributed by atoms with Gasteiger partial charge in [0.15, 0.2) is 0 Å². The fourth-order valence-corrected chi connectivity index (χ4v) is 2.06. The van der Waals surface area contributed by atoms with E-state index in [1.54, 1.807) is 7.11 Å². The summed E-state index contributed by atoms with van der Waals surface area (Å²) in [4.78, 5) is 6.64. The maximum Gasteiger partial charge on any atom is 0.125 e. The van der Waals surface area contributed by atoms with Crippen LogP contribution in [-0.2, 0) is 0 Å². The number of ether oxygens (including phenoxy) is 1. The van der Waals surface area contributed by atoms with Gasteiger partial charge in [-0.3, -0.25) is 0 Å². The third-order valence-corrected chi connectivity index (χ3v) is 3.28. The summed E-state index contributed by atoms with van der Waals surface area (Å²) in [6.45, 7) is 2.02. The summed E-state index contributed by atoms with van der Waals surface area (Å²) in [6, 6.07) is 12.1.